The summed E-state index contributed by atoms with van der Waals surface area (Å²) in [6, 6.07) is 7.55. The fourth-order valence-electron chi connectivity index (χ4n) is 11.2. The molecule has 0 unspecified atom stereocenters. The van der Waals surface area contributed by atoms with Gasteiger partial charge < -0.3 is 9.47 Å². The molecular formula is C66H122O4. The number of hydrogen-bond acceptors (Lipinski definition) is 4. The van der Waals surface area contributed by atoms with Crippen LogP contribution in [0.25, 0.3) is 0 Å². The molecule has 0 radical (unpaired) electrons. The predicted molar refractivity (Wildman–Crippen MR) is 308 cm³/mol. The molecule has 0 spiro atoms. The van der Waals surface area contributed by atoms with Crippen LogP contribution in [0.1, 0.15) is 383 Å². The van der Waals surface area contributed by atoms with Gasteiger partial charge in [-0.25, -0.2) is 9.59 Å². The van der Waals surface area contributed by atoms with Crippen molar-refractivity contribution in [1.29, 1.82) is 0 Å². The first-order chi connectivity index (χ1) is 34.4. The van der Waals surface area contributed by atoms with Crippen LogP contribution < -0.4 is 0 Å². The Bertz CT molecular complexity index is 1150. The quantitative estimate of drug-likeness (QED) is 0.0482. The van der Waals surface area contributed by atoms with Gasteiger partial charge >= 0.3 is 11.9 Å². The smallest absolute Gasteiger partial charge is 0.339 e. The van der Waals surface area contributed by atoms with E-state index < -0.39 is 11.2 Å². The maximum Gasteiger partial charge on any atom is 0.339 e. The van der Waals surface area contributed by atoms with Crippen molar-refractivity contribution in [3.05, 3.63) is 35.4 Å². The molecule has 70 heavy (non-hydrogen) atoms. The van der Waals surface area contributed by atoms with Gasteiger partial charge in [0, 0.05) is 0 Å². The van der Waals surface area contributed by atoms with Crippen molar-refractivity contribution >= 4 is 11.9 Å². The van der Waals surface area contributed by atoms with Gasteiger partial charge in [0.1, 0.15) is 11.2 Å². The number of rotatable bonds is 54. The SMILES string of the molecule is CCCCCCCCCCC(CCCCCCCCC)(CCCCCCCCC)OC(=O)c1ccccc1C(=O)OC(CCCCCCCCC)(CCCCCCCCC)CCCCCCCCCC. The van der Waals surface area contributed by atoms with Crippen LogP contribution >= 0.6 is 0 Å². The number of carbonyl (C=O) groups excluding carboxylic acids is 2. The highest BCUT2D eigenvalue weighted by Gasteiger charge is 2.37. The summed E-state index contributed by atoms with van der Waals surface area (Å²) < 4.78 is 14.0. The Labute approximate surface area is 438 Å². The third kappa shape index (κ3) is 35.3. The van der Waals surface area contributed by atoms with E-state index in [1.165, 1.54) is 244 Å². The van der Waals surface area contributed by atoms with Crippen LogP contribution in [0.4, 0.5) is 0 Å². The lowest BCUT2D eigenvalue weighted by molar-refractivity contribution is -0.0400. The Balaban J connectivity index is 3.51. The molecule has 0 N–H and O–H groups in total. The molecule has 1 rings (SSSR count). The fourth-order valence-corrected chi connectivity index (χ4v) is 11.2. The summed E-state index contributed by atoms with van der Waals surface area (Å²) in [5.41, 5.74) is -0.199. The molecule has 0 aliphatic carbocycles. The van der Waals surface area contributed by atoms with Gasteiger partial charge in [-0.15, -0.1) is 0 Å². The standard InChI is InChI=1S/C66H122O4/c1-7-13-19-25-31-37-43-51-59-65(55-47-39-33-27-21-15-9-3,56-48-40-34-28-22-16-10-4)69-63(67)61-53-45-46-54-62(61)64(68)70-66(57-49-41-35-29-23-17-11-5,58-50-42-36-30-24-18-12-6)60-52-44-38-32-26-20-14-8-2/h45-46,53-54H,7-44,47-52,55-60H2,1-6H3. The highest BCUT2D eigenvalue weighted by Crippen LogP contribution is 2.37. The van der Waals surface area contributed by atoms with Crippen molar-refractivity contribution in [3.8, 4) is 0 Å². The molecule has 0 saturated heterocycles. The van der Waals surface area contributed by atoms with Gasteiger partial charge in [-0.1, -0.05) is 298 Å². The van der Waals surface area contributed by atoms with Gasteiger partial charge in [0.25, 0.3) is 0 Å². The zero-order chi connectivity index (χ0) is 50.9. The maximum atomic E-state index is 14.9. The summed E-state index contributed by atoms with van der Waals surface area (Å²) in [7, 11) is 0. The molecule has 0 saturated carbocycles. The van der Waals surface area contributed by atoms with Crippen molar-refractivity contribution in [3.63, 3.8) is 0 Å². The lowest BCUT2D eigenvalue weighted by Gasteiger charge is -2.36. The van der Waals surface area contributed by atoms with E-state index >= 15 is 0 Å². The van der Waals surface area contributed by atoms with Gasteiger partial charge in [0.05, 0.1) is 11.1 Å². The van der Waals surface area contributed by atoms with E-state index in [1.807, 2.05) is 24.3 Å². The second-order valence-corrected chi connectivity index (χ2v) is 22.6. The number of unbranched alkanes of at least 4 members (excludes halogenated alkanes) is 38. The fraction of sp³-hybridized carbons (Fsp3) is 0.879. The minimum absolute atomic E-state index is 0.314. The second-order valence-electron chi connectivity index (χ2n) is 22.6. The molecule has 0 bridgehead atoms. The van der Waals surface area contributed by atoms with Gasteiger partial charge in [0.15, 0.2) is 0 Å². The molecule has 0 aromatic heterocycles. The summed E-state index contributed by atoms with van der Waals surface area (Å²) in [6.45, 7) is 13.7. The number of carbonyl (C=O) groups is 2. The highest BCUT2D eigenvalue weighted by atomic mass is 16.6. The Morgan fingerprint density at radius 1 is 0.271 bits per heavy atom. The molecule has 4 nitrogen and oxygen atoms in total. The highest BCUT2D eigenvalue weighted by molar-refractivity contribution is 6.03. The first-order valence-electron chi connectivity index (χ1n) is 31.9. The van der Waals surface area contributed by atoms with Crippen molar-refractivity contribution in [1.82, 2.24) is 0 Å². The van der Waals surface area contributed by atoms with E-state index in [4.69, 9.17) is 9.47 Å². The Morgan fingerprint density at radius 3 is 0.600 bits per heavy atom. The molecule has 0 atom stereocenters. The Morgan fingerprint density at radius 2 is 0.429 bits per heavy atom. The van der Waals surface area contributed by atoms with Crippen LogP contribution in [0.2, 0.25) is 0 Å². The molecule has 0 fully saturated rings. The third-order valence-corrected chi connectivity index (χ3v) is 15.9. The summed E-state index contributed by atoms with van der Waals surface area (Å²) >= 11 is 0. The number of benzene rings is 1. The van der Waals surface area contributed by atoms with Crippen LogP contribution in [0.5, 0.6) is 0 Å². The van der Waals surface area contributed by atoms with Gasteiger partial charge in [-0.05, 0) is 89.2 Å². The molecule has 0 heterocycles. The molecule has 1 aromatic rings. The minimum Gasteiger partial charge on any atom is -0.455 e. The first-order valence-corrected chi connectivity index (χ1v) is 31.9. The molecule has 4 heteroatoms. The number of esters is 2. The van der Waals surface area contributed by atoms with Crippen LogP contribution in [0.15, 0.2) is 24.3 Å². The van der Waals surface area contributed by atoms with Crippen LogP contribution in [0, 0.1) is 0 Å². The molecule has 1 aromatic carbocycles. The summed E-state index contributed by atoms with van der Waals surface area (Å²) in [4.78, 5) is 29.9. The zero-order valence-corrected chi connectivity index (χ0v) is 48.3. The summed E-state index contributed by atoms with van der Waals surface area (Å²) in [5.74, 6) is -0.628. The maximum absolute atomic E-state index is 14.9. The number of hydrogen-bond donors (Lipinski definition) is 0. The van der Waals surface area contributed by atoms with Crippen molar-refractivity contribution in [2.24, 2.45) is 0 Å². The number of ether oxygens (including phenoxy) is 2. The summed E-state index contributed by atoms with van der Waals surface area (Å²) in [6.07, 6.45) is 60.8. The molecule has 0 aliphatic heterocycles. The van der Waals surface area contributed by atoms with Crippen molar-refractivity contribution in [2.75, 3.05) is 0 Å². The first kappa shape index (κ1) is 66.2. The Hall–Kier alpha value is -1.84. The minimum atomic E-state index is -0.502. The van der Waals surface area contributed by atoms with E-state index in [9.17, 15) is 9.59 Å². The monoisotopic (exact) mass is 979 g/mol. The molecule has 0 amide bonds. The van der Waals surface area contributed by atoms with Crippen LogP contribution in [-0.2, 0) is 9.47 Å². The predicted octanol–water partition coefficient (Wildman–Crippen LogP) is 23.1. The van der Waals surface area contributed by atoms with E-state index in [0.29, 0.717) is 11.1 Å². The van der Waals surface area contributed by atoms with E-state index in [0.717, 1.165) is 77.0 Å². The lowest BCUT2D eigenvalue weighted by atomic mass is 9.84. The zero-order valence-electron chi connectivity index (χ0n) is 48.3. The molecule has 410 valence electrons. The molecule has 0 aliphatic rings. The summed E-state index contributed by atoms with van der Waals surface area (Å²) in [5, 5.41) is 0. The Kier molecular flexibility index (Phi) is 45.5. The average molecular weight is 980 g/mol. The lowest BCUT2D eigenvalue weighted by Crippen LogP contribution is -2.37. The van der Waals surface area contributed by atoms with Crippen molar-refractivity contribution < 1.29 is 19.1 Å². The van der Waals surface area contributed by atoms with E-state index in [-0.39, 0.29) is 11.9 Å². The van der Waals surface area contributed by atoms with Gasteiger partial charge in [0.2, 0.25) is 0 Å². The third-order valence-electron chi connectivity index (χ3n) is 15.9. The largest absolute Gasteiger partial charge is 0.455 e. The van der Waals surface area contributed by atoms with Gasteiger partial charge in [-0.2, -0.15) is 0 Å². The van der Waals surface area contributed by atoms with Crippen molar-refractivity contribution in [2.45, 2.75) is 374 Å². The van der Waals surface area contributed by atoms with E-state index in [1.54, 1.807) is 0 Å². The van der Waals surface area contributed by atoms with E-state index in [2.05, 4.69) is 41.5 Å². The normalized spacial score (nSPS) is 12.0. The topological polar surface area (TPSA) is 52.6 Å². The molecular weight excluding hydrogens is 857 g/mol. The average Bonchev–Trinajstić information content (AvgIpc) is 3.36. The van der Waals surface area contributed by atoms with Crippen LogP contribution in [-0.4, -0.2) is 23.1 Å². The van der Waals surface area contributed by atoms with Gasteiger partial charge in [-0.3, -0.25) is 0 Å². The van der Waals surface area contributed by atoms with Crippen LogP contribution in [0.3, 0.4) is 0 Å². The second kappa shape index (κ2) is 48.1.